The van der Waals surface area contributed by atoms with Crippen LogP contribution >= 0.6 is 0 Å². The van der Waals surface area contributed by atoms with Crippen molar-refractivity contribution in [3.05, 3.63) is 30.6 Å². The van der Waals surface area contributed by atoms with Crippen LogP contribution in [0.15, 0.2) is 30.6 Å². The zero-order chi connectivity index (χ0) is 16.8. The van der Waals surface area contributed by atoms with Crippen LogP contribution < -0.4 is 4.57 Å². The van der Waals surface area contributed by atoms with Gasteiger partial charge in [0.1, 0.15) is 0 Å². The smallest absolute Gasteiger partial charge is 0.370 e. The van der Waals surface area contributed by atoms with Crippen LogP contribution in [0.2, 0.25) is 0 Å². The van der Waals surface area contributed by atoms with E-state index in [1.54, 1.807) is 0 Å². The summed E-state index contributed by atoms with van der Waals surface area (Å²) in [6.07, 6.45) is 11.3. The lowest BCUT2D eigenvalue weighted by atomic mass is 10.4. The van der Waals surface area contributed by atoms with E-state index in [1.165, 1.54) is 0 Å². The standard InChI is InChI=1S/C18H34NO3Si/c1-4-7-15-20-23(21-16-8-5-2,22-17-9-6-3)18-19-13-11-10-12-14-19/h10-14H,4-9,15-18H2,1-3H3/q+1. The summed E-state index contributed by atoms with van der Waals surface area (Å²) >= 11 is 0. The van der Waals surface area contributed by atoms with Gasteiger partial charge < -0.3 is 13.3 Å². The molecule has 1 rings (SSSR count). The molecule has 0 spiro atoms. The predicted octanol–water partition coefficient (Wildman–Crippen LogP) is 3.90. The van der Waals surface area contributed by atoms with E-state index in [9.17, 15) is 0 Å². The number of pyridine rings is 1. The molecule has 0 aromatic carbocycles. The van der Waals surface area contributed by atoms with Gasteiger partial charge in [0, 0.05) is 32.0 Å². The molecule has 1 aromatic rings. The van der Waals surface area contributed by atoms with Crippen LogP contribution in [0.25, 0.3) is 0 Å². The van der Waals surface area contributed by atoms with Crippen LogP contribution in [-0.2, 0) is 19.4 Å². The average Bonchev–Trinajstić information content (AvgIpc) is 2.56. The summed E-state index contributed by atoms with van der Waals surface area (Å²) in [5, 5.41) is 0. The molecule has 1 aromatic heterocycles. The van der Waals surface area contributed by atoms with E-state index in [2.05, 4.69) is 37.7 Å². The Hall–Kier alpha value is -0.753. The SMILES string of the molecule is CCCCO[Si](C[n+]1ccccc1)(OCCCC)OCCCC. The highest BCUT2D eigenvalue weighted by Gasteiger charge is 2.46. The van der Waals surface area contributed by atoms with E-state index in [4.69, 9.17) is 13.3 Å². The second kappa shape index (κ2) is 12.6. The minimum Gasteiger partial charge on any atom is -0.370 e. The van der Waals surface area contributed by atoms with Crippen LogP contribution in [0.5, 0.6) is 0 Å². The minimum atomic E-state index is -2.69. The quantitative estimate of drug-likeness (QED) is 0.292. The van der Waals surface area contributed by atoms with Crippen LogP contribution in [0, 0.1) is 0 Å². The van der Waals surface area contributed by atoms with E-state index in [0.717, 1.165) is 38.5 Å². The third-order valence-electron chi connectivity index (χ3n) is 3.61. The monoisotopic (exact) mass is 340 g/mol. The van der Waals surface area contributed by atoms with Gasteiger partial charge in [-0.1, -0.05) is 46.1 Å². The molecular formula is C18H34NO3Si+. The maximum Gasteiger partial charge on any atom is 0.570 e. The highest BCUT2D eigenvalue weighted by atomic mass is 28.4. The van der Waals surface area contributed by atoms with Crippen molar-refractivity contribution in [2.24, 2.45) is 0 Å². The fourth-order valence-corrected chi connectivity index (χ4v) is 4.69. The largest absolute Gasteiger partial charge is 0.570 e. The lowest BCUT2D eigenvalue weighted by Gasteiger charge is -2.27. The lowest BCUT2D eigenvalue weighted by molar-refractivity contribution is -0.685. The van der Waals surface area contributed by atoms with Gasteiger partial charge >= 0.3 is 8.80 Å². The number of rotatable bonds is 14. The van der Waals surface area contributed by atoms with E-state index < -0.39 is 8.80 Å². The average molecular weight is 341 g/mol. The van der Waals surface area contributed by atoms with E-state index >= 15 is 0 Å². The van der Waals surface area contributed by atoms with Gasteiger partial charge in [-0.3, -0.25) is 0 Å². The Labute approximate surface area is 143 Å². The molecule has 1 heterocycles. The Morgan fingerprint density at radius 1 is 0.696 bits per heavy atom. The van der Waals surface area contributed by atoms with Gasteiger partial charge in [-0.2, -0.15) is 0 Å². The zero-order valence-corrected chi connectivity index (χ0v) is 16.1. The van der Waals surface area contributed by atoms with Gasteiger partial charge in [0.25, 0.3) is 0 Å². The van der Waals surface area contributed by atoms with Gasteiger partial charge in [0.2, 0.25) is 6.17 Å². The molecule has 0 bridgehead atoms. The highest BCUT2D eigenvalue weighted by Crippen LogP contribution is 2.14. The van der Waals surface area contributed by atoms with Crippen molar-refractivity contribution >= 4 is 8.80 Å². The summed E-state index contributed by atoms with van der Waals surface area (Å²) in [6, 6.07) is 6.08. The maximum absolute atomic E-state index is 6.24. The molecule has 0 saturated carbocycles. The summed E-state index contributed by atoms with van der Waals surface area (Å²) in [6.45, 7) is 8.67. The zero-order valence-electron chi connectivity index (χ0n) is 15.1. The number of nitrogens with zero attached hydrogens (tertiary/aromatic N) is 1. The van der Waals surface area contributed by atoms with Crippen LogP contribution in [0.3, 0.4) is 0 Å². The van der Waals surface area contributed by atoms with E-state index in [-0.39, 0.29) is 0 Å². The number of hydrogen-bond acceptors (Lipinski definition) is 3. The second-order valence-electron chi connectivity index (χ2n) is 5.84. The maximum atomic E-state index is 6.24. The van der Waals surface area contributed by atoms with Gasteiger partial charge in [-0.25, -0.2) is 4.57 Å². The number of unbranched alkanes of at least 4 members (excludes halogenated alkanes) is 3. The van der Waals surface area contributed by atoms with Crippen molar-refractivity contribution in [3.8, 4) is 0 Å². The van der Waals surface area contributed by atoms with E-state index in [0.29, 0.717) is 26.0 Å². The minimum absolute atomic E-state index is 0.685. The molecule has 5 heteroatoms. The molecule has 0 atom stereocenters. The fourth-order valence-electron chi connectivity index (χ4n) is 2.14. The summed E-state index contributed by atoms with van der Waals surface area (Å²) in [5.74, 6) is 0. The summed E-state index contributed by atoms with van der Waals surface area (Å²) < 4.78 is 20.8. The number of aromatic nitrogens is 1. The van der Waals surface area contributed by atoms with Crippen molar-refractivity contribution in [3.63, 3.8) is 0 Å². The van der Waals surface area contributed by atoms with Crippen molar-refractivity contribution < 1.29 is 17.8 Å². The van der Waals surface area contributed by atoms with Crippen molar-refractivity contribution in [2.45, 2.75) is 65.5 Å². The molecule has 23 heavy (non-hydrogen) atoms. The van der Waals surface area contributed by atoms with Crippen molar-refractivity contribution in [1.82, 2.24) is 0 Å². The van der Waals surface area contributed by atoms with Crippen LogP contribution in [0.4, 0.5) is 0 Å². The molecule has 132 valence electrons. The van der Waals surface area contributed by atoms with Gasteiger partial charge in [0.05, 0.1) is 0 Å². The Morgan fingerprint density at radius 3 is 1.52 bits per heavy atom. The van der Waals surface area contributed by atoms with Gasteiger partial charge in [-0.15, -0.1) is 0 Å². The first-order valence-corrected chi connectivity index (χ1v) is 11.1. The fraction of sp³-hybridized carbons (Fsp3) is 0.722. The molecule has 0 unspecified atom stereocenters. The van der Waals surface area contributed by atoms with Crippen LogP contribution in [-0.4, -0.2) is 28.6 Å². The first-order chi connectivity index (χ1) is 11.3. The normalized spacial score (nSPS) is 11.8. The van der Waals surface area contributed by atoms with Crippen molar-refractivity contribution in [2.75, 3.05) is 19.8 Å². The third kappa shape index (κ3) is 8.60. The van der Waals surface area contributed by atoms with E-state index in [1.807, 2.05) is 18.2 Å². The van der Waals surface area contributed by atoms with Crippen molar-refractivity contribution in [1.29, 1.82) is 0 Å². The molecule has 0 aliphatic rings. The van der Waals surface area contributed by atoms with Gasteiger partial charge in [-0.05, 0) is 19.3 Å². The van der Waals surface area contributed by atoms with Gasteiger partial charge in [0.15, 0.2) is 12.4 Å². The molecule has 0 aliphatic heterocycles. The molecule has 0 saturated heterocycles. The topological polar surface area (TPSA) is 31.6 Å². The molecule has 4 nitrogen and oxygen atoms in total. The first-order valence-electron chi connectivity index (χ1n) is 9.12. The molecule has 0 aliphatic carbocycles. The first kappa shape index (κ1) is 20.3. The Morgan fingerprint density at radius 2 is 1.13 bits per heavy atom. The molecule has 0 fully saturated rings. The molecule has 0 amide bonds. The summed E-state index contributed by atoms with van der Waals surface area (Å²) in [4.78, 5) is 0. The Kier molecular flexibility index (Phi) is 11.2. The highest BCUT2D eigenvalue weighted by molar-refractivity contribution is 6.58. The Bertz CT molecular complexity index is 363. The summed E-state index contributed by atoms with van der Waals surface area (Å²) in [5.41, 5.74) is 0. The molecule has 0 radical (unpaired) electrons. The lowest BCUT2D eigenvalue weighted by Crippen LogP contribution is -2.58. The Balaban J connectivity index is 2.79. The predicted molar refractivity (Wildman–Crippen MR) is 95.0 cm³/mol. The third-order valence-corrected chi connectivity index (χ3v) is 6.30. The second-order valence-corrected chi connectivity index (χ2v) is 8.39. The van der Waals surface area contributed by atoms with Crippen LogP contribution in [0.1, 0.15) is 59.3 Å². The molecular weight excluding hydrogens is 306 g/mol. The summed E-state index contributed by atoms with van der Waals surface area (Å²) in [7, 11) is -2.69. The number of hydrogen-bond donors (Lipinski definition) is 0. The molecule has 0 N–H and O–H groups in total.